The molecule has 1 saturated heterocycles. The monoisotopic (exact) mass is 334 g/mol. The van der Waals surface area contributed by atoms with Gasteiger partial charge in [-0.05, 0) is 26.0 Å². The minimum absolute atomic E-state index is 0.150. The Morgan fingerprint density at radius 3 is 2.54 bits per heavy atom. The average molecular weight is 334 g/mol. The SMILES string of the molecule is CCN(CC)C(=O)c1cccc(C(=O)NCCN2CCOCC2)n1. The first-order valence-electron chi connectivity index (χ1n) is 8.50. The molecule has 0 bridgehead atoms. The molecule has 0 saturated carbocycles. The van der Waals surface area contributed by atoms with E-state index in [1.807, 2.05) is 13.8 Å². The second kappa shape index (κ2) is 9.34. The second-order valence-electron chi connectivity index (χ2n) is 5.60. The average Bonchev–Trinajstić information content (AvgIpc) is 2.63. The van der Waals surface area contributed by atoms with Crippen LogP contribution in [0.4, 0.5) is 0 Å². The van der Waals surface area contributed by atoms with Gasteiger partial charge in [0.2, 0.25) is 0 Å². The fourth-order valence-corrected chi connectivity index (χ4v) is 2.60. The van der Waals surface area contributed by atoms with Crippen LogP contribution >= 0.6 is 0 Å². The lowest BCUT2D eigenvalue weighted by Crippen LogP contribution is -2.41. The summed E-state index contributed by atoms with van der Waals surface area (Å²) >= 11 is 0. The standard InChI is InChI=1S/C17H26N4O3/c1-3-21(4-2)17(23)15-7-5-6-14(19-15)16(22)18-8-9-20-10-12-24-13-11-20/h5-7H,3-4,8-13H2,1-2H3,(H,18,22). The summed E-state index contributed by atoms with van der Waals surface area (Å²) in [7, 11) is 0. The van der Waals surface area contributed by atoms with Crippen molar-refractivity contribution in [3.05, 3.63) is 29.6 Å². The van der Waals surface area contributed by atoms with Gasteiger partial charge in [-0.15, -0.1) is 0 Å². The van der Waals surface area contributed by atoms with Crippen LogP contribution < -0.4 is 5.32 Å². The highest BCUT2D eigenvalue weighted by molar-refractivity contribution is 5.96. The van der Waals surface area contributed by atoms with E-state index in [0.29, 0.717) is 25.3 Å². The molecule has 2 rings (SSSR count). The molecule has 132 valence electrons. The van der Waals surface area contributed by atoms with Crippen LogP contribution in [0.3, 0.4) is 0 Å². The van der Waals surface area contributed by atoms with E-state index in [0.717, 1.165) is 32.8 Å². The Labute approximate surface area is 143 Å². The molecule has 1 aliphatic rings. The van der Waals surface area contributed by atoms with Gasteiger partial charge in [-0.25, -0.2) is 4.98 Å². The van der Waals surface area contributed by atoms with Crippen LogP contribution in [0.25, 0.3) is 0 Å². The number of amides is 2. The van der Waals surface area contributed by atoms with E-state index >= 15 is 0 Å². The van der Waals surface area contributed by atoms with Crippen molar-refractivity contribution in [3.63, 3.8) is 0 Å². The van der Waals surface area contributed by atoms with Crippen molar-refractivity contribution in [1.82, 2.24) is 20.1 Å². The Bertz CT molecular complexity index is 555. The van der Waals surface area contributed by atoms with Gasteiger partial charge in [0, 0.05) is 39.3 Å². The van der Waals surface area contributed by atoms with E-state index in [2.05, 4.69) is 15.2 Å². The van der Waals surface area contributed by atoms with Crippen molar-refractivity contribution in [2.45, 2.75) is 13.8 Å². The van der Waals surface area contributed by atoms with Gasteiger partial charge in [-0.3, -0.25) is 14.5 Å². The lowest BCUT2D eigenvalue weighted by atomic mass is 10.2. The van der Waals surface area contributed by atoms with Crippen LogP contribution in [0.2, 0.25) is 0 Å². The topological polar surface area (TPSA) is 74.8 Å². The molecule has 1 aliphatic heterocycles. The zero-order valence-electron chi connectivity index (χ0n) is 14.5. The molecule has 2 amide bonds. The number of nitrogens with zero attached hydrogens (tertiary/aromatic N) is 3. The van der Waals surface area contributed by atoms with Crippen molar-refractivity contribution in [2.24, 2.45) is 0 Å². The third kappa shape index (κ3) is 5.01. The Morgan fingerprint density at radius 2 is 1.88 bits per heavy atom. The smallest absolute Gasteiger partial charge is 0.272 e. The number of carbonyl (C=O) groups is 2. The fourth-order valence-electron chi connectivity index (χ4n) is 2.60. The number of carbonyl (C=O) groups excluding carboxylic acids is 2. The highest BCUT2D eigenvalue weighted by Crippen LogP contribution is 2.04. The summed E-state index contributed by atoms with van der Waals surface area (Å²) in [5.74, 6) is -0.402. The van der Waals surface area contributed by atoms with Crippen LogP contribution in [-0.4, -0.2) is 79.1 Å². The summed E-state index contributed by atoms with van der Waals surface area (Å²) in [4.78, 5) is 32.7. The van der Waals surface area contributed by atoms with Crippen molar-refractivity contribution >= 4 is 11.8 Å². The largest absolute Gasteiger partial charge is 0.379 e. The van der Waals surface area contributed by atoms with Gasteiger partial charge in [0.1, 0.15) is 11.4 Å². The lowest BCUT2D eigenvalue weighted by Gasteiger charge is -2.26. The Morgan fingerprint density at radius 1 is 1.21 bits per heavy atom. The molecular formula is C17H26N4O3. The van der Waals surface area contributed by atoms with Crippen molar-refractivity contribution in [1.29, 1.82) is 0 Å². The first kappa shape index (κ1) is 18.4. The molecule has 0 atom stereocenters. The number of pyridine rings is 1. The van der Waals surface area contributed by atoms with Gasteiger partial charge in [0.05, 0.1) is 13.2 Å². The van der Waals surface area contributed by atoms with E-state index in [1.54, 1.807) is 23.1 Å². The van der Waals surface area contributed by atoms with Crippen LogP contribution in [-0.2, 0) is 4.74 Å². The normalized spacial score (nSPS) is 15.1. The molecule has 0 aliphatic carbocycles. The maximum Gasteiger partial charge on any atom is 0.272 e. The highest BCUT2D eigenvalue weighted by Gasteiger charge is 2.16. The molecule has 1 aromatic rings. The second-order valence-corrected chi connectivity index (χ2v) is 5.60. The fraction of sp³-hybridized carbons (Fsp3) is 0.588. The molecule has 24 heavy (non-hydrogen) atoms. The van der Waals surface area contributed by atoms with Crippen LogP contribution in [0.5, 0.6) is 0 Å². The first-order chi connectivity index (χ1) is 11.7. The quantitative estimate of drug-likeness (QED) is 0.791. The Hall–Kier alpha value is -1.99. The zero-order valence-corrected chi connectivity index (χ0v) is 14.5. The van der Waals surface area contributed by atoms with Crippen molar-refractivity contribution < 1.29 is 14.3 Å². The zero-order chi connectivity index (χ0) is 17.4. The highest BCUT2D eigenvalue weighted by atomic mass is 16.5. The van der Waals surface area contributed by atoms with Crippen LogP contribution in [0.1, 0.15) is 34.8 Å². The number of nitrogens with one attached hydrogen (secondary N) is 1. The summed E-state index contributed by atoms with van der Waals surface area (Å²) in [6, 6.07) is 4.97. The van der Waals surface area contributed by atoms with Gasteiger partial charge in [-0.1, -0.05) is 6.07 Å². The maximum atomic E-state index is 12.3. The lowest BCUT2D eigenvalue weighted by molar-refractivity contribution is 0.0383. The van der Waals surface area contributed by atoms with E-state index in [-0.39, 0.29) is 17.5 Å². The van der Waals surface area contributed by atoms with Crippen molar-refractivity contribution in [2.75, 3.05) is 52.5 Å². The summed E-state index contributed by atoms with van der Waals surface area (Å²) in [5.41, 5.74) is 0.578. The Kier molecular flexibility index (Phi) is 7.14. The number of ether oxygens (including phenoxy) is 1. The third-order valence-electron chi connectivity index (χ3n) is 4.07. The number of morpholine rings is 1. The summed E-state index contributed by atoms with van der Waals surface area (Å²) < 4.78 is 5.29. The number of hydrogen-bond acceptors (Lipinski definition) is 5. The third-order valence-corrected chi connectivity index (χ3v) is 4.07. The van der Waals surface area contributed by atoms with E-state index in [4.69, 9.17) is 4.74 Å². The molecule has 7 heteroatoms. The molecule has 0 radical (unpaired) electrons. The van der Waals surface area contributed by atoms with Gasteiger partial charge in [0.25, 0.3) is 11.8 Å². The van der Waals surface area contributed by atoms with E-state index < -0.39 is 0 Å². The Balaban J connectivity index is 1.89. The summed E-state index contributed by atoms with van der Waals surface area (Å²) in [6.07, 6.45) is 0. The molecule has 2 heterocycles. The maximum absolute atomic E-state index is 12.3. The predicted molar refractivity (Wildman–Crippen MR) is 91.1 cm³/mol. The minimum Gasteiger partial charge on any atom is -0.379 e. The van der Waals surface area contributed by atoms with Crippen LogP contribution in [0.15, 0.2) is 18.2 Å². The molecule has 0 aromatic carbocycles. The van der Waals surface area contributed by atoms with Gasteiger partial charge >= 0.3 is 0 Å². The number of aromatic nitrogens is 1. The summed E-state index contributed by atoms with van der Waals surface area (Å²) in [6.45, 7) is 9.68. The molecular weight excluding hydrogens is 308 g/mol. The summed E-state index contributed by atoms with van der Waals surface area (Å²) in [5, 5.41) is 2.86. The van der Waals surface area contributed by atoms with Crippen molar-refractivity contribution in [3.8, 4) is 0 Å². The minimum atomic E-state index is -0.252. The molecule has 1 aromatic heterocycles. The molecule has 7 nitrogen and oxygen atoms in total. The predicted octanol–water partition coefficient (Wildman–Crippen LogP) is 0.626. The molecule has 1 N–H and O–H groups in total. The molecule has 1 fully saturated rings. The number of hydrogen-bond donors (Lipinski definition) is 1. The molecule has 0 spiro atoms. The van der Waals surface area contributed by atoms with Gasteiger partial charge < -0.3 is 15.0 Å². The van der Waals surface area contributed by atoms with Crippen LogP contribution in [0, 0.1) is 0 Å². The van der Waals surface area contributed by atoms with E-state index in [9.17, 15) is 9.59 Å². The van der Waals surface area contributed by atoms with E-state index in [1.165, 1.54) is 0 Å². The van der Waals surface area contributed by atoms with Gasteiger partial charge in [0.15, 0.2) is 0 Å². The number of rotatable bonds is 7. The first-order valence-corrected chi connectivity index (χ1v) is 8.50. The van der Waals surface area contributed by atoms with Gasteiger partial charge in [-0.2, -0.15) is 0 Å². The molecule has 0 unspecified atom stereocenters.